The Kier molecular flexibility index (Phi) is 3.99. The average Bonchev–Trinajstić information content (AvgIpc) is 2.41. The standard InChI is InChI=1S/C14H16BrN3/c1-10-12(15)7-8-14(17-10)18(2)13-6-4-3-5-11(13)9-16/h3-8H,9,16H2,1-2H3. The molecule has 0 bridgehead atoms. The van der Waals surface area contributed by atoms with E-state index < -0.39 is 0 Å². The molecule has 0 aliphatic rings. The summed E-state index contributed by atoms with van der Waals surface area (Å²) in [5, 5.41) is 0. The van der Waals surface area contributed by atoms with Crippen molar-refractivity contribution in [1.82, 2.24) is 4.98 Å². The van der Waals surface area contributed by atoms with Crippen LogP contribution in [0, 0.1) is 6.92 Å². The topological polar surface area (TPSA) is 42.2 Å². The Morgan fingerprint density at radius 3 is 2.61 bits per heavy atom. The van der Waals surface area contributed by atoms with Crippen molar-refractivity contribution < 1.29 is 0 Å². The van der Waals surface area contributed by atoms with Gasteiger partial charge in [0.25, 0.3) is 0 Å². The molecule has 0 saturated carbocycles. The Bertz CT molecular complexity index is 554. The number of hydrogen-bond acceptors (Lipinski definition) is 3. The van der Waals surface area contributed by atoms with E-state index in [1.165, 1.54) is 0 Å². The fraction of sp³-hybridized carbons (Fsp3) is 0.214. The maximum atomic E-state index is 5.77. The summed E-state index contributed by atoms with van der Waals surface area (Å²) in [7, 11) is 2.00. The first-order valence-corrected chi connectivity index (χ1v) is 6.57. The summed E-state index contributed by atoms with van der Waals surface area (Å²) in [5.41, 5.74) is 8.95. The van der Waals surface area contributed by atoms with E-state index in [9.17, 15) is 0 Å². The van der Waals surface area contributed by atoms with Crippen molar-refractivity contribution in [3.8, 4) is 0 Å². The smallest absolute Gasteiger partial charge is 0.133 e. The second-order valence-corrected chi connectivity index (χ2v) is 4.98. The van der Waals surface area contributed by atoms with Crippen molar-refractivity contribution in [3.63, 3.8) is 0 Å². The number of aryl methyl sites for hydroxylation is 1. The highest BCUT2D eigenvalue weighted by Crippen LogP contribution is 2.27. The van der Waals surface area contributed by atoms with E-state index >= 15 is 0 Å². The molecule has 0 fully saturated rings. The molecule has 0 aliphatic carbocycles. The molecule has 0 unspecified atom stereocenters. The van der Waals surface area contributed by atoms with Crippen LogP contribution in [0.2, 0.25) is 0 Å². The van der Waals surface area contributed by atoms with E-state index in [4.69, 9.17) is 5.73 Å². The first-order valence-electron chi connectivity index (χ1n) is 5.78. The lowest BCUT2D eigenvalue weighted by Gasteiger charge is -2.21. The van der Waals surface area contributed by atoms with E-state index in [0.717, 1.165) is 27.2 Å². The molecule has 0 aliphatic heterocycles. The van der Waals surface area contributed by atoms with Crippen LogP contribution in [0.3, 0.4) is 0 Å². The van der Waals surface area contributed by atoms with Crippen molar-refractivity contribution in [2.75, 3.05) is 11.9 Å². The summed E-state index contributed by atoms with van der Waals surface area (Å²) in [4.78, 5) is 6.62. The zero-order chi connectivity index (χ0) is 13.1. The van der Waals surface area contributed by atoms with Crippen LogP contribution in [0.1, 0.15) is 11.3 Å². The number of anilines is 2. The van der Waals surface area contributed by atoms with Crippen molar-refractivity contribution in [2.24, 2.45) is 5.73 Å². The Hall–Kier alpha value is -1.39. The van der Waals surface area contributed by atoms with Gasteiger partial charge in [-0.15, -0.1) is 0 Å². The molecule has 94 valence electrons. The van der Waals surface area contributed by atoms with Gasteiger partial charge in [-0.1, -0.05) is 18.2 Å². The van der Waals surface area contributed by atoms with Gasteiger partial charge in [-0.3, -0.25) is 0 Å². The lowest BCUT2D eigenvalue weighted by molar-refractivity contribution is 1.02. The number of hydrogen-bond donors (Lipinski definition) is 1. The predicted molar refractivity (Wildman–Crippen MR) is 79.1 cm³/mol. The van der Waals surface area contributed by atoms with Gasteiger partial charge in [0.15, 0.2) is 0 Å². The Balaban J connectivity index is 2.41. The zero-order valence-electron chi connectivity index (χ0n) is 10.5. The normalized spacial score (nSPS) is 10.4. The molecule has 3 nitrogen and oxygen atoms in total. The monoisotopic (exact) mass is 305 g/mol. The van der Waals surface area contributed by atoms with Crippen LogP contribution in [0.15, 0.2) is 40.9 Å². The largest absolute Gasteiger partial charge is 0.329 e. The van der Waals surface area contributed by atoms with Crippen molar-refractivity contribution in [2.45, 2.75) is 13.5 Å². The summed E-state index contributed by atoms with van der Waals surface area (Å²) < 4.78 is 1.02. The summed E-state index contributed by atoms with van der Waals surface area (Å²) in [5.74, 6) is 0.914. The van der Waals surface area contributed by atoms with Gasteiger partial charge in [-0.2, -0.15) is 0 Å². The zero-order valence-corrected chi connectivity index (χ0v) is 12.1. The minimum absolute atomic E-state index is 0.524. The SMILES string of the molecule is Cc1nc(N(C)c2ccccc2CN)ccc1Br. The molecule has 1 heterocycles. The summed E-state index contributed by atoms with van der Waals surface area (Å²) in [6.07, 6.45) is 0. The minimum Gasteiger partial charge on any atom is -0.329 e. The van der Waals surface area contributed by atoms with Crippen LogP contribution < -0.4 is 10.6 Å². The molecule has 2 N–H and O–H groups in total. The average molecular weight is 306 g/mol. The molecule has 4 heteroatoms. The molecule has 0 radical (unpaired) electrons. The Morgan fingerprint density at radius 1 is 1.22 bits per heavy atom. The number of nitrogens with zero attached hydrogens (tertiary/aromatic N) is 2. The second-order valence-electron chi connectivity index (χ2n) is 4.13. The van der Waals surface area contributed by atoms with Crippen molar-refractivity contribution in [1.29, 1.82) is 0 Å². The van der Waals surface area contributed by atoms with Gasteiger partial charge in [0.2, 0.25) is 0 Å². The number of nitrogens with two attached hydrogens (primary N) is 1. The van der Waals surface area contributed by atoms with Gasteiger partial charge >= 0.3 is 0 Å². The molecular formula is C14H16BrN3. The van der Waals surface area contributed by atoms with E-state index in [1.54, 1.807) is 0 Å². The van der Waals surface area contributed by atoms with Crippen molar-refractivity contribution >= 4 is 27.4 Å². The van der Waals surface area contributed by atoms with Crippen LogP contribution in [0.4, 0.5) is 11.5 Å². The summed E-state index contributed by atoms with van der Waals surface area (Å²) >= 11 is 3.46. The van der Waals surface area contributed by atoms with Crippen LogP contribution >= 0.6 is 15.9 Å². The number of benzene rings is 1. The first-order chi connectivity index (χ1) is 8.63. The molecule has 2 rings (SSSR count). The van der Waals surface area contributed by atoms with Crippen molar-refractivity contribution in [3.05, 3.63) is 52.1 Å². The highest BCUT2D eigenvalue weighted by Gasteiger charge is 2.09. The van der Waals surface area contributed by atoms with E-state index in [-0.39, 0.29) is 0 Å². The Labute approximate surface area is 116 Å². The van der Waals surface area contributed by atoms with Crippen LogP contribution in [0.25, 0.3) is 0 Å². The molecule has 1 aromatic heterocycles. The molecular weight excluding hydrogens is 290 g/mol. The molecule has 0 saturated heterocycles. The van der Waals surface area contributed by atoms with Gasteiger partial charge in [0, 0.05) is 23.8 Å². The quantitative estimate of drug-likeness (QED) is 0.945. The number of pyridine rings is 1. The lowest BCUT2D eigenvalue weighted by Crippen LogP contribution is -2.14. The van der Waals surface area contributed by atoms with Gasteiger partial charge in [0.1, 0.15) is 5.82 Å². The van der Waals surface area contributed by atoms with Gasteiger partial charge < -0.3 is 10.6 Å². The number of aromatic nitrogens is 1. The summed E-state index contributed by atoms with van der Waals surface area (Å²) in [6.45, 7) is 2.51. The number of para-hydroxylation sites is 1. The predicted octanol–water partition coefficient (Wildman–Crippen LogP) is 3.38. The third kappa shape index (κ3) is 2.54. The molecule has 1 aromatic carbocycles. The fourth-order valence-corrected chi connectivity index (χ4v) is 2.07. The van der Waals surface area contributed by atoms with E-state index in [0.29, 0.717) is 6.54 Å². The lowest BCUT2D eigenvalue weighted by atomic mass is 10.1. The van der Waals surface area contributed by atoms with Gasteiger partial charge in [0.05, 0.1) is 5.69 Å². The summed E-state index contributed by atoms with van der Waals surface area (Å²) in [6, 6.07) is 12.1. The maximum absolute atomic E-state index is 5.77. The molecule has 2 aromatic rings. The van der Waals surface area contributed by atoms with E-state index in [2.05, 4.69) is 31.9 Å². The maximum Gasteiger partial charge on any atom is 0.133 e. The highest BCUT2D eigenvalue weighted by molar-refractivity contribution is 9.10. The fourth-order valence-electron chi connectivity index (χ4n) is 1.85. The van der Waals surface area contributed by atoms with Crippen LogP contribution in [-0.4, -0.2) is 12.0 Å². The van der Waals surface area contributed by atoms with Gasteiger partial charge in [-0.05, 0) is 46.6 Å². The minimum atomic E-state index is 0.524. The molecule has 18 heavy (non-hydrogen) atoms. The molecule has 0 amide bonds. The van der Waals surface area contributed by atoms with Crippen LogP contribution in [0.5, 0.6) is 0 Å². The Morgan fingerprint density at radius 2 is 1.94 bits per heavy atom. The third-order valence-corrected chi connectivity index (χ3v) is 3.76. The first kappa shape index (κ1) is 13.1. The second kappa shape index (κ2) is 5.50. The highest BCUT2D eigenvalue weighted by atomic mass is 79.9. The number of halogens is 1. The number of rotatable bonds is 3. The van der Waals surface area contributed by atoms with E-state index in [1.807, 2.05) is 44.3 Å². The van der Waals surface area contributed by atoms with Crippen LogP contribution in [-0.2, 0) is 6.54 Å². The van der Waals surface area contributed by atoms with Gasteiger partial charge in [-0.25, -0.2) is 4.98 Å². The molecule has 0 spiro atoms. The third-order valence-electron chi connectivity index (χ3n) is 2.92. The molecule has 0 atom stereocenters.